The second kappa shape index (κ2) is 6.56. The van der Waals surface area contributed by atoms with Gasteiger partial charge in [0.05, 0.1) is 5.69 Å². The highest BCUT2D eigenvalue weighted by molar-refractivity contribution is 5.85. The molecule has 3 aromatic heterocycles. The maximum Gasteiger partial charge on any atom is 0.356 e. The SMILES string of the molecule is O=C(O)c1ccn(-c2cc(-c3cccnc3)nc(-c3ccccc3)n2)n1. The van der Waals surface area contributed by atoms with Crippen molar-refractivity contribution in [2.75, 3.05) is 0 Å². The Kier molecular flexibility index (Phi) is 3.95. The highest BCUT2D eigenvalue weighted by Crippen LogP contribution is 2.23. The van der Waals surface area contributed by atoms with Crippen LogP contribution in [0.4, 0.5) is 0 Å². The Morgan fingerprint density at radius 3 is 2.46 bits per heavy atom. The average molecular weight is 343 g/mol. The number of hydrogen-bond donors (Lipinski definition) is 1. The maximum atomic E-state index is 11.1. The molecule has 0 atom stereocenters. The van der Waals surface area contributed by atoms with E-state index in [4.69, 9.17) is 5.11 Å². The second-order valence-corrected chi connectivity index (χ2v) is 5.49. The standard InChI is InChI=1S/C19H13N5O2/c25-19(26)15-8-10-24(23-15)17-11-16(14-7-4-9-20-12-14)21-18(22-17)13-5-2-1-3-6-13/h1-12H,(H,25,26). The summed E-state index contributed by atoms with van der Waals surface area (Å²) in [5, 5.41) is 13.2. The van der Waals surface area contributed by atoms with Gasteiger partial charge in [0.2, 0.25) is 0 Å². The van der Waals surface area contributed by atoms with E-state index in [9.17, 15) is 4.79 Å². The molecule has 0 amide bonds. The van der Waals surface area contributed by atoms with E-state index in [1.54, 1.807) is 24.7 Å². The molecule has 0 spiro atoms. The van der Waals surface area contributed by atoms with Crippen LogP contribution >= 0.6 is 0 Å². The van der Waals surface area contributed by atoms with E-state index >= 15 is 0 Å². The van der Waals surface area contributed by atoms with Gasteiger partial charge in [-0.05, 0) is 18.2 Å². The summed E-state index contributed by atoms with van der Waals surface area (Å²) in [7, 11) is 0. The predicted octanol–water partition coefficient (Wildman–Crippen LogP) is 3.09. The molecule has 0 saturated carbocycles. The first kappa shape index (κ1) is 15.6. The summed E-state index contributed by atoms with van der Waals surface area (Å²) in [6.07, 6.45) is 4.97. The monoisotopic (exact) mass is 343 g/mol. The topological polar surface area (TPSA) is 93.8 Å². The molecule has 0 fully saturated rings. The third kappa shape index (κ3) is 3.05. The number of carboxylic acids is 1. The zero-order chi connectivity index (χ0) is 17.9. The van der Waals surface area contributed by atoms with Crippen LogP contribution in [0.2, 0.25) is 0 Å². The lowest BCUT2D eigenvalue weighted by atomic mass is 10.1. The zero-order valence-corrected chi connectivity index (χ0v) is 13.5. The molecule has 0 saturated heterocycles. The van der Waals surface area contributed by atoms with Gasteiger partial charge in [-0.1, -0.05) is 30.3 Å². The molecule has 4 aromatic rings. The molecular weight excluding hydrogens is 330 g/mol. The fourth-order valence-electron chi connectivity index (χ4n) is 2.50. The van der Waals surface area contributed by atoms with E-state index in [2.05, 4.69) is 20.1 Å². The fraction of sp³-hybridized carbons (Fsp3) is 0. The van der Waals surface area contributed by atoms with Crippen LogP contribution in [0.1, 0.15) is 10.5 Å². The second-order valence-electron chi connectivity index (χ2n) is 5.49. The summed E-state index contributed by atoms with van der Waals surface area (Å²) in [5.41, 5.74) is 2.31. The van der Waals surface area contributed by atoms with Gasteiger partial charge < -0.3 is 5.11 Å². The summed E-state index contributed by atoms with van der Waals surface area (Å²) >= 11 is 0. The van der Waals surface area contributed by atoms with E-state index in [1.807, 2.05) is 42.5 Å². The molecule has 7 nitrogen and oxygen atoms in total. The van der Waals surface area contributed by atoms with Crippen molar-refractivity contribution >= 4 is 5.97 Å². The zero-order valence-electron chi connectivity index (χ0n) is 13.5. The minimum absolute atomic E-state index is 0.0483. The van der Waals surface area contributed by atoms with Crippen LogP contribution in [-0.4, -0.2) is 35.8 Å². The van der Waals surface area contributed by atoms with Gasteiger partial charge in [-0.3, -0.25) is 4.98 Å². The number of rotatable bonds is 4. The van der Waals surface area contributed by atoms with E-state index in [1.165, 1.54) is 10.7 Å². The molecule has 0 aliphatic rings. The molecule has 0 bridgehead atoms. The van der Waals surface area contributed by atoms with Crippen LogP contribution < -0.4 is 0 Å². The molecule has 0 aliphatic heterocycles. The van der Waals surface area contributed by atoms with E-state index in [0.717, 1.165) is 11.1 Å². The number of pyridine rings is 1. The number of aromatic carboxylic acids is 1. The van der Waals surface area contributed by atoms with Gasteiger partial charge in [0.15, 0.2) is 17.3 Å². The lowest BCUT2D eigenvalue weighted by Gasteiger charge is -2.08. The molecule has 126 valence electrons. The Bertz CT molecular complexity index is 1000. The number of nitrogens with zero attached hydrogens (tertiary/aromatic N) is 5. The van der Waals surface area contributed by atoms with Crippen molar-refractivity contribution in [1.82, 2.24) is 24.7 Å². The van der Waals surface area contributed by atoms with Crippen molar-refractivity contribution in [3.05, 3.63) is 78.9 Å². The third-order valence-corrected chi connectivity index (χ3v) is 3.74. The first-order valence-corrected chi connectivity index (χ1v) is 7.85. The van der Waals surface area contributed by atoms with Crippen molar-refractivity contribution in [3.8, 4) is 28.5 Å². The Labute approximate surface area is 148 Å². The summed E-state index contributed by atoms with van der Waals surface area (Å²) in [4.78, 5) is 24.4. The van der Waals surface area contributed by atoms with Crippen LogP contribution in [-0.2, 0) is 0 Å². The average Bonchev–Trinajstić information content (AvgIpc) is 3.20. The molecule has 7 heteroatoms. The number of benzene rings is 1. The molecular formula is C19H13N5O2. The summed E-state index contributed by atoms with van der Waals surface area (Å²) in [6, 6.07) is 16.5. The lowest BCUT2D eigenvalue weighted by Crippen LogP contribution is -2.05. The van der Waals surface area contributed by atoms with E-state index in [-0.39, 0.29) is 5.69 Å². The molecule has 0 aliphatic carbocycles. The van der Waals surface area contributed by atoms with Gasteiger partial charge in [0.1, 0.15) is 0 Å². The van der Waals surface area contributed by atoms with Crippen molar-refractivity contribution in [3.63, 3.8) is 0 Å². The number of carbonyl (C=O) groups is 1. The minimum Gasteiger partial charge on any atom is -0.476 e. The summed E-state index contributed by atoms with van der Waals surface area (Å²) in [5.74, 6) is -0.0897. The van der Waals surface area contributed by atoms with Crippen molar-refractivity contribution in [2.45, 2.75) is 0 Å². The van der Waals surface area contributed by atoms with Gasteiger partial charge in [0.25, 0.3) is 0 Å². The Balaban J connectivity index is 1.89. The minimum atomic E-state index is -1.09. The first-order valence-electron chi connectivity index (χ1n) is 7.85. The highest BCUT2D eigenvalue weighted by atomic mass is 16.4. The lowest BCUT2D eigenvalue weighted by molar-refractivity contribution is 0.0690. The Hall–Kier alpha value is -3.87. The molecule has 1 N–H and O–H groups in total. The number of carboxylic acid groups (broad SMARTS) is 1. The molecule has 26 heavy (non-hydrogen) atoms. The van der Waals surface area contributed by atoms with Crippen LogP contribution in [0.25, 0.3) is 28.5 Å². The maximum absolute atomic E-state index is 11.1. The molecule has 4 rings (SSSR count). The van der Waals surface area contributed by atoms with E-state index in [0.29, 0.717) is 17.3 Å². The summed E-state index contributed by atoms with van der Waals surface area (Å²) < 4.78 is 1.43. The molecule has 0 radical (unpaired) electrons. The Morgan fingerprint density at radius 2 is 1.77 bits per heavy atom. The van der Waals surface area contributed by atoms with Gasteiger partial charge >= 0.3 is 5.97 Å². The van der Waals surface area contributed by atoms with Crippen molar-refractivity contribution in [1.29, 1.82) is 0 Å². The molecule has 0 unspecified atom stereocenters. The summed E-state index contributed by atoms with van der Waals surface area (Å²) in [6.45, 7) is 0. The fourth-order valence-corrected chi connectivity index (χ4v) is 2.50. The van der Waals surface area contributed by atoms with Crippen molar-refractivity contribution < 1.29 is 9.90 Å². The van der Waals surface area contributed by atoms with Crippen LogP contribution in [0.15, 0.2) is 73.2 Å². The smallest absolute Gasteiger partial charge is 0.356 e. The third-order valence-electron chi connectivity index (χ3n) is 3.74. The largest absolute Gasteiger partial charge is 0.476 e. The highest BCUT2D eigenvalue weighted by Gasteiger charge is 2.13. The van der Waals surface area contributed by atoms with Gasteiger partial charge in [0, 0.05) is 35.8 Å². The first-order chi connectivity index (χ1) is 12.7. The van der Waals surface area contributed by atoms with E-state index < -0.39 is 5.97 Å². The molecule has 3 heterocycles. The quantitative estimate of drug-likeness (QED) is 0.612. The van der Waals surface area contributed by atoms with Gasteiger partial charge in [-0.15, -0.1) is 0 Å². The van der Waals surface area contributed by atoms with Crippen molar-refractivity contribution in [2.24, 2.45) is 0 Å². The predicted molar refractivity (Wildman–Crippen MR) is 94.8 cm³/mol. The number of hydrogen-bond acceptors (Lipinski definition) is 5. The number of aromatic nitrogens is 5. The van der Waals surface area contributed by atoms with Gasteiger partial charge in [-0.25, -0.2) is 19.4 Å². The molecule has 1 aromatic carbocycles. The Morgan fingerprint density at radius 1 is 0.962 bits per heavy atom. The van der Waals surface area contributed by atoms with Crippen LogP contribution in [0.5, 0.6) is 0 Å². The van der Waals surface area contributed by atoms with Crippen LogP contribution in [0, 0.1) is 0 Å². The normalized spacial score (nSPS) is 10.6. The van der Waals surface area contributed by atoms with Crippen LogP contribution in [0.3, 0.4) is 0 Å². The van der Waals surface area contributed by atoms with Gasteiger partial charge in [-0.2, -0.15) is 5.10 Å².